The molecule has 0 saturated carbocycles. The number of nitrogens with zero attached hydrogens (tertiary/aromatic N) is 3. The molecule has 4 bridgehead atoms. The Hall–Kier alpha value is -5.39. The van der Waals surface area contributed by atoms with Gasteiger partial charge in [0.2, 0.25) is 0 Å². The number of aliphatic hydroxyl groups is 2. The summed E-state index contributed by atoms with van der Waals surface area (Å²) in [4.78, 5) is 65.8. The molecule has 5 heterocycles. The Labute approximate surface area is 387 Å². The second-order valence-corrected chi connectivity index (χ2v) is 19.7. The molecule has 2 fully saturated rings. The number of carbonyl (C=O) groups excluding carboxylic acids is 3. The fraction of sp³-hybridized carbons (Fsp3) is 0.500. The molecular weight excluding hydrogens is 865 g/mol. The average molecular weight is 925 g/mol. The highest BCUT2D eigenvalue weighted by Crippen LogP contribution is 2.50. The number of piperazine rings is 1. The number of rotatable bonds is 3. The molecule has 66 heavy (non-hydrogen) atoms. The molecular formula is C50H60N4O11S. The topological polar surface area (TPSA) is 197 Å². The molecule has 16 heteroatoms. The molecule has 0 aliphatic carbocycles. The van der Waals surface area contributed by atoms with E-state index in [1.54, 1.807) is 58.9 Å². The molecule has 1 amide bonds. The molecule has 0 unspecified atom stereocenters. The van der Waals surface area contributed by atoms with Crippen molar-refractivity contribution in [2.24, 2.45) is 23.7 Å². The standard InChI is InChI=1S/C50H60N4O11S/c1-24-12-10-13-25(2)49(61)52-40-44(59)37-36(39-47(40)66-35-22-31(15-16-33(35)51-39)54-20-19-53-18-11-14-32(53)23-54)38-46(29(6)43(37)58)65-50(8,48(38)60)63-21-17-34(62-9)26(3)45(64-30(7)55)28(5)42(57)27(4)41(24)56/h10,12-13,15-17,21-22,24,26-28,32,34,41-42,45,56-57,59H,11,14,18-20,23H2,1-9H3,(H,52,61)/b12-10+,21-17+,25-13-/t24-,26+,27+,28+,32-,34-,41-,42+,45+,50-/m0/s1. The summed E-state index contributed by atoms with van der Waals surface area (Å²) >= 11 is 1.28. The van der Waals surface area contributed by atoms with Crippen LogP contribution in [0, 0.1) is 30.6 Å². The fourth-order valence-electron chi connectivity index (χ4n) is 10.2. The summed E-state index contributed by atoms with van der Waals surface area (Å²) in [5.74, 6) is -6.75. The molecule has 2 saturated heterocycles. The summed E-state index contributed by atoms with van der Waals surface area (Å²) in [6.45, 7) is 16.7. The van der Waals surface area contributed by atoms with Crippen molar-refractivity contribution >= 4 is 71.6 Å². The first-order chi connectivity index (χ1) is 31.3. The van der Waals surface area contributed by atoms with Crippen LogP contribution in [0.2, 0.25) is 0 Å². The number of carbonyl (C=O) groups is 3. The maximum atomic E-state index is 14.8. The molecule has 4 aromatic rings. The van der Waals surface area contributed by atoms with Gasteiger partial charge in [0.1, 0.15) is 17.5 Å². The van der Waals surface area contributed by atoms with E-state index in [1.165, 1.54) is 51.9 Å². The summed E-state index contributed by atoms with van der Waals surface area (Å²) < 4.78 is 25.1. The molecule has 1 aromatic heterocycles. The SMILES string of the molecule is CO[C@H]1/C=C/O[C@@]2(C)Oc3c(C)c(=O)c4c(O)c(c5sc6cc(N7CCN8CCC[C@H]8C7)ccc6nc5c4c3C2=O)NC(=O)/C(C)=C\C=C\[C@H](C)[C@H](O)[C@@H](C)[C@@H](O)[C@@H](C)[C@H](OC(C)=O)[C@@H]1C. The van der Waals surface area contributed by atoms with Crippen LogP contribution in [0.4, 0.5) is 11.4 Å². The molecule has 3 aromatic carbocycles. The number of aromatic nitrogens is 1. The fourth-order valence-corrected chi connectivity index (χ4v) is 11.3. The van der Waals surface area contributed by atoms with E-state index >= 15 is 0 Å². The van der Waals surface area contributed by atoms with Crippen LogP contribution in [0.5, 0.6) is 11.5 Å². The summed E-state index contributed by atoms with van der Waals surface area (Å²) in [6.07, 6.45) is 6.24. The molecule has 4 aliphatic heterocycles. The molecule has 0 radical (unpaired) electrons. The number of aromatic hydroxyl groups is 1. The number of phenols is 1. The smallest absolute Gasteiger partial charge is 0.312 e. The number of aliphatic hydroxyl groups excluding tert-OH is 2. The Balaban J connectivity index is 1.30. The first kappa shape index (κ1) is 47.1. The Morgan fingerprint density at radius 1 is 1.00 bits per heavy atom. The summed E-state index contributed by atoms with van der Waals surface area (Å²) in [5.41, 5.74) is 1.45. The zero-order valence-corrected chi connectivity index (χ0v) is 39.7. The van der Waals surface area contributed by atoms with Crippen molar-refractivity contribution in [3.63, 3.8) is 0 Å². The van der Waals surface area contributed by atoms with Crippen molar-refractivity contribution in [3.8, 4) is 11.5 Å². The van der Waals surface area contributed by atoms with Crippen LogP contribution in [-0.4, -0.2) is 112 Å². The minimum absolute atomic E-state index is 0.00299. The molecule has 352 valence electrons. The molecule has 4 aliphatic rings. The molecule has 4 N–H and O–H groups in total. The van der Waals surface area contributed by atoms with Crippen molar-refractivity contribution in [2.75, 3.05) is 43.5 Å². The third-order valence-corrected chi connectivity index (χ3v) is 15.4. The van der Waals surface area contributed by atoms with Gasteiger partial charge in [-0.15, -0.1) is 11.3 Å². The number of benzene rings is 3. The summed E-state index contributed by atoms with van der Waals surface area (Å²) in [7, 11) is 1.46. The van der Waals surface area contributed by atoms with E-state index in [9.17, 15) is 34.5 Å². The highest BCUT2D eigenvalue weighted by Gasteiger charge is 2.49. The number of ether oxygens (including phenoxy) is 4. The Kier molecular flexibility index (Phi) is 13.1. The highest BCUT2D eigenvalue weighted by molar-refractivity contribution is 7.25. The number of amides is 1. The lowest BCUT2D eigenvalue weighted by Gasteiger charge is -2.38. The van der Waals surface area contributed by atoms with Crippen LogP contribution in [0.1, 0.15) is 77.2 Å². The van der Waals surface area contributed by atoms with Crippen LogP contribution in [-0.2, 0) is 23.8 Å². The number of allylic oxidation sites excluding steroid dienone is 2. The number of hydrogen-bond acceptors (Lipinski definition) is 15. The lowest BCUT2D eigenvalue weighted by atomic mass is 9.78. The normalized spacial score (nSPS) is 31.9. The van der Waals surface area contributed by atoms with Gasteiger partial charge >= 0.3 is 11.8 Å². The molecule has 15 nitrogen and oxygen atoms in total. The van der Waals surface area contributed by atoms with E-state index in [1.807, 2.05) is 12.1 Å². The van der Waals surface area contributed by atoms with Gasteiger partial charge in [-0.1, -0.05) is 45.9 Å². The minimum atomic E-state index is -2.00. The second kappa shape index (κ2) is 18.4. The minimum Gasteiger partial charge on any atom is -0.505 e. The van der Waals surface area contributed by atoms with Crippen molar-refractivity contribution < 1.29 is 48.7 Å². The van der Waals surface area contributed by atoms with Crippen molar-refractivity contribution in [2.45, 2.75) is 104 Å². The van der Waals surface area contributed by atoms with Gasteiger partial charge < -0.3 is 44.5 Å². The lowest BCUT2D eigenvalue weighted by molar-refractivity contribution is -0.160. The van der Waals surface area contributed by atoms with E-state index in [-0.39, 0.29) is 44.4 Å². The number of methoxy groups -OCH3 is 1. The molecule has 0 spiro atoms. The van der Waals surface area contributed by atoms with Crippen molar-refractivity contribution in [1.82, 2.24) is 9.88 Å². The van der Waals surface area contributed by atoms with Gasteiger partial charge in [-0.2, -0.15) is 0 Å². The van der Waals surface area contributed by atoms with E-state index in [0.29, 0.717) is 16.3 Å². The third kappa shape index (κ3) is 8.35. The first-order valence-electron chi connectivity index (χ1n) is 22.7. The largest absolute Gasteiger partial charge is 0.505 e. The predicted molar refractivity (Wildman–Crippen MR) is 254 cm³/mol. The second-order valence-electron chi connectivity index (χ2n) is 18.7. The van der Waals surface area contributed by atoms with Crippen LogP contribution in [0.15, 0.2) is 59.1 Å². The maximum Gasteiger partial charge on any atom is 0.312 e. The quantitative estimate of drug-likeness (QED) is 0.0729. The van der Waals surface area contributed by atoms with Crippen LogP contribution in [0.3, 0.4) is 0 Å². The third-order valence-electron chi connectivity index (χ3n) is 14.3. The number of esters is 1. The average Bonchev–Trinajstić information content (AvgIpc) is 3.88. The van der Waals surface area contributed by atoms with Gasteiger partial charge in [0, 0.05) is 92.5 Å². The number of ketones is 1. The lowest BCUT2D eigenvalue weighted by Crippen LogP contribution is -2.50. The number of hydrogen-bond donors (Lipinski definition) is 4. The number of Topliss-reactive ketones (excluding diaryl/α,β-unsaturated/α-hetero) is 1. The van der Waals surface area contributed by atoms with Gasteiger partial charge in [0.25, 0.3) is 11.7 Å². The van der Waals surface area contributed by atoms with E-state index in [4.69, 9.17) is 23.9 Å². The number of fused-ring (bicyclic) bond motifs is 3. The summed E-state index contributed by atoms with van der Waals surface area (Å²) in [6, 6.07) is 6.49. The zero-order chi connectivity index (χ0) is 47.5. The van der Waals surface area contributed by atoms with Gasteiger partial charge in [-0.05, 0) is 57.5 Å². The highest BCUT2D eigenvalue weighted by atomic mass is 32.1. The monoisotopic (exact) mass is 924 g/mol. The Bertz CT molecular complexity index is 2770. The van der Waals surface area contributed by atoms with Gasteiger partial charge in [0.15, 0.2) is 11.2 Å². The van der Waals surface area contributed by atoms with Gasteiger partial charge in [-0.3, -0.25) is 24.1 Å². The van der Waals surface area contributed by atoms with Crippen LogP contribution in [0.25, 0.3) is 31.2 Å². The van der Waals surface area contributed by atoms with Crippen molar-refractivity contribution in [3.05, 3.63) is 75.7 Å². The van der Waals surface area contributed by atoms with Crippen molar-refractivity contribution in [1.29, 1.82) is 0 Å². The Morgan fingerprint density at radius 2 is 1.76 bits per heavy atom. The molecule has 8 rings (SSSR count). The zero-order valence-electron chi connectivity index (χ0n) is 38.9. The predicted octanol–water partition coefficient (Wildman–Crippen LogP) is 6.75. The van der Waals surface area contributed by atoms with Crippen LogP contribution < -0.4 is 20.4 Å². The van der Waals surface area contributed by atoms with E-state index in [2.05, 4.69) is 21.2 Å². The summed E-state index contributed by atoms with van der Waals surface area (Å²) in [5, 5.41) is 38.1. The van der Waals surface area contributed by atoms with E-state index in [0.717, 1.165) is 43.0 Å². The first-order valence-corrected chi connectivity index (χ1v) is 23.6. The molecule has 10 atom stereocenters. The number of nitrogens with one attached hydrogen (secondary N) is 1. The van der Waals surface area contributed by atoms with Crippen LogP contribution >= 0.6 is 11.3 Å². The van der Waals surface area contributed by atoms with Gasteiger partial charge in [-0.25, -0.2) is 4.98 Å². The maximum absolute atomic E-state index is 14.8. The van der Waals surface area contributed by atoms with Gasteiger partial charge in [0.05, 0.1) is 56.0 Å². The Morgan fingerprint density at radius 3 is 2.48 bits per heavy atom. The number of phenolic OH excluding ortho intramolecular Hbond substituents is 1. The van der Waals surface area contributed by atoms with E-state index < -0.39 is 82.7 Å². The number of anilines is 2.